The van der Waals surface area contributed by atoms with Crippen LogP contribution in [-0.4, -0.2) is 7.05 Å². The van der Waals surface area contributed by atoms with Crippen molar-refractivity contribution in [2.45, 2.75) is 13.0 Å². The Morgan fingerprint density at radius 2 is 1.94 bits per heavy atom. The average Bonchev–Trinajstić information content (AvgIpc) is 2.65. The lowest BCUT2D eigenvalue weighted by Crippen LogP contribution is -2.16. The van der Waals surface area contributed by atoms with Crippen LogP contribution in [0.1, 0.15) is 21.4 Å². The summed E-state index contributed by atoms with van der Waals surface area (Å²) in [5.41, 5.74) is 0.713. The standard InChI is InChI=1S/C13H12BrF2NS/c1-7-9(14)6-12(18-7)13(17-2)8-3-4-10(15)11(16)5-8/h3-6,13,17H,1-2H3. The Kier molecular flexibility index (Phi) is 4.14. The van der Waals surface area contributed by atoms with E-state index in [1.54, 1.807) is 24.5 Å². The minimum absolute atomic E-state index is 0.130. The molecule has 0 aliphatic heterocycles. The summed E-state index contributed by atoms with van der Waals surface area (Å²) >= 11 is 5.09. The number of halogens is 3. The second-order valence-corrected chi connectivity index (χ2v) is 6.09. The fourth-order valence-electron chi connectivity index (χ4n) is 1.79. The SMILES string of the molecule is CNC(c1ccc(F)c(F)c1)c1cc(Br)c(C)s1. The molecule has 2 aromatic rings. The molecule has 1 aromatic carbocycles. The summed E-state index contributed by atoms with van der Waals surface area (Å²) < 4.78 is 27.2. The Hall–Kier alpha value is -0.780. The maximum absolute atomic E-state index is 13.3. The molecular weight excluding hydrogens is 320 g/mol. The summed E-state index contributed by atoms with van der Waals surface area (Å²) in [4.78, 5) is 2.22. The number of thiophene rings is 1. The average molecular weight is 332 g/mol. The van der Waals surface area contributed by atoms with Gasteiger partial charge in [-0.15, -0.1) is 11.3 Å². The highest BCUT2D eigenvalue weighted by atomic mass is 79.9. The maximum Gasteiger partial charge on any atom is 0.159 e. The van der Waals surface area contributed by atoms with Crippen molar-refractivity contribution in [3.05, 3.63) is 55.7 Å². The molecule has 96 valence electrons. The van der Waals surface area contributed by atoms with Gasteiger partial charge in [0.1, 0.15) is 0 Å². The van der Waals surface area contributed by atoms with Crippen molar-refractivity contribution in [3.8, 4) is 0 Å². The van der Waals surface area contributed by atoms with Crippen LogP contribution in [0.25, 0.3) is 0 Å². The molecule has 1 atom stereocenters. The van der Waals surface area contributed by atoms with Gasteiger partial charge in [-0.2, -0.15) is 0 Å². The monoisotopic (exact) mass is 331 g/mol. The highest BCUT2D eigenvalue weighted by Gasteiger charge is 2.17. The summed E-state index contributed by atoms with van der Waals surface area (Å²) in [5.74, 6) is -1.64. The predicted molar refractivity (Wildman–Crippen MR) is 74.0 cm³/mol. The molecule has 0 spiro atoms. The third kappa shape index (κ3) is 2.63. The van der Waals surface area contributed by atoms with Crippen molar-refractivity contribution in [2.24, 2.45) is 0 Å². The van der Waals surface area contributed by atoms with Gasteiger partial charge in [0.2, 0.25) is 0 Å². The van der Waals surface area contributed by atoms with E-state index < -0.39 is 11.6 Å². The van der Waals surface area contributed by atoms with Gasteiger partial charge in [-0.3, -0.25) is 0 Å². The summed E-state index contributed by atoms with van der Waals surface area (Å²) in [7, 11) is 1.80. The lowest BCUT2D eigenvalue weighted by molar-refractivity contribution is 0.505. The van der Waals surface area contributed by atoms with Gasteiger partial charge in [0.25, 0.3) is 0 Å². The zero-order chi connectivity index (χ0) is 13.3. The fraction of sp³-hybridized carbons (Fsp3) is 0.231. The van der Waals surface area contributed by atoms with Crippen LogP contribution >= 0.6 is 27.3 Å². The maximum atomic E-state index is 13.3. The van der Waals surface area contributed by atoms with Gasteiger partial charge < -0.3 is 5.32 Å². The van der Waals surface area contributed by atoms with Crippen LogP contribution in [0.5, 0.6) is 0 Å². The van der Waals surface area contributed by atoms with E-state index in [0.717, 1.165) is 20.3 Å². The highest BCUT2D eigenvalue weighted by Crippen LogP contribution is 2.33. The van der Waals surface area contributed by atoms with Crippen LogP contribution in [-0.2, 0) is 0 Å². The van der Waals surface area contributed by atoms with E-state index in [1.165, 1.54) is 6.07 Å². The Labute approximate surface area is 117 Å². The third-order valence-corrected chi connectivity index (χ3v) is 4.93. The van der Waals surface area contributed by atoms with E-state index in [0.29, 0.717) is 5.56 Å². The zero-order valence-electron chi connectivity index (χ0n) is 9.93. The van der Waals surface area contributed by atoms with Crippen molar-refractivity contribution >= 4 is 27.3 Å². The summed E-state index contributed by atoms with van der Waals surface area (Å²) in [6.45, 7) is 2.01. The number of aryl methyl sites for hydroxylation is 1. The summed E-state index contributed by atoms with van der Waals surface area (Å²) in [6.07, 6.45) is 0. The molecule has 0 aliphatic rings. The smallest absolute Gasteiger partial charge is 0.159 e. The largest absolute Gasteiger partial charge is 0.309 e. The van der Waals surface area contributed by atoms with Crippen LogP contribution in [0.15, 0.2) is 28.7 Å². The van der Waals surface area contributed by atoms with Crippen molar-refractivity contribution < 1.29 is 8.78 Å². The molecule has 2 rings (SSSR count). The molecule has 0 saturated heterocycles. The van der Waals surface area contributed by atoms with E-state index in [2.05, 4.69) is 21.2 Å². The Morgan fingerprint density at radius 3 is 2.44 bits per heavy atom. The van der Waals surface area contributed by atoms with Crippen LogP contribution < -0.4 is 5.32 Å². The normalized spacial score (nSPS) is 12.7. The van der Waals surface area contributed by atoms with Gasteiger partial charge >= 0.3 is 0 Å². The second-order valence-electron chi connectivity index (χ2n) is 3.95. The van der Waals surface area contributed by atoms with Crippen LogP contribution in [0.2, 0.25) is 0 Å². The van der Waals surface area contributed by atoms with Crippen molar-refractivity contribution in [2.75, 3.05) is 7.05 Å². The lowest BCUT2D eigenvalue weighted by Gasteiger charge is -2.15. The molecule has 1 unspecified atom stereocenters. The molecule has 0 amide bonds. The zero-order valence-corrected chi connectivity index (χ0v) is 12.3. The van der Waals surface area contributed by atoms with Gasteiger partial charge in [-0.25, -0.2) is 8.78 Å². The molecule has 1 heterocycles. The number of benzene rings is 1. The first kappa shape index (κ1) is 13.6. The van der Waals surface area contributed by atoms with Gasteiger partial charge in [-0.1, -0.05) is 6.07 Å². The minimum atomic E-state index is -0.822. The number of hydrogen-bond donors (Lipinski definition) is 1. The molecular formula is C13H12BrF2NS. The number of hydrogen-bond acceptors (Lipinski definition) is 2. The number of nitrogens with one attached hydrogen (secondary N) is 1. The van der Waals surface area contributed by atoms with E-state index in [4.69, 9.17) is 0 Å². The van der Waals surface area contributed by atoms with Gasteiger partial charge in [0.15, 0.2) is 11.6 Å². The first-order valence-corrected chi connectivity index (χ1v) is 7.02. The molecule has 1 nitrogen and oxygen atoms in total. The molecule has 0 aliphatic carbocycles. The van der Waals surface area contributed by atoms with Crippen LogP contribution in [0.4, 0.5) is 8.78 Å². The molecule has 1 aromatic heterocycles. The molecule has 0 fully saturated rings. The van der Waals surface area contributed by atoms with Crippen molar-refractivity contribution in [3.63, 3.8) is 0 Å². The van der Waals surface area contributed by atoms with Gasteiger partial charge in [-0.05, 0) is 53.7 Å². The third-order valence-electron chi connectivity index (χ3n) is 2.73. The Bertz CT molecular complexity index is 549. The van der Waals surface area contributed by atoms with Crippen molar-refractivity contribution in [1.82, 2.24) is 5.32 Å². The first-order valence-electron chi connectivity index (χ1n) is 5.41. The van der Waals surface area contributed by atoms with E-state index >= 15 is 0 Å². The van der Waals surface area contributed by atoms with Gasteiger partial charge in [0, 0.05) is 14.2 Å². The molecule has 5 heteroatoms. The Balaban J connectivity index is 2.41. The second kappa shape index (κ2) is 5.47. The quantitative estimate of drug-likeness (QED) is 0.878. The molecule has 0 radical (unpaired) electrons. The van der Waals surface area contributed by atoms with Gasteiger partial charge in [0.05, 0.1) is 6.04 Å². The lowest BCUT2D eigenvalue weighted by atomic mass is 10.1. The molecule has 18 heavy (non-hydrogen) atoms. The Morgan fingerprint density at radius 1 is 1.22 bits per heavy atom. The summed E-state index contributed by atoms with van der Waals surface area (Å²) in [5, 5.41) is 3.12. The first-order chi connectivity index (χ1) is 8.52. The van der Waals surface area contributed by atoms with Crippen LogP contribution in [0.3, 0.4) is 0 Å². The molecule has 0 saturated carbocycles. The topological polar surface area (TPSA) is 12.0 Å². The molecule has 0 bridgehead atoms. The fourth-order valence-corrected chi connectivity index (χ4v) is 3.49. The predicted octanol–water partition coefficient (Wildman–Crippen LogP) is 4.41. The molecule has 1 N–H and O–H groups in total. The van der Waals surface area contributed by atoms with E-state index in [-0.39, 0.29) is 6.04 Å². The minimum Gasteiger partial charge on any atom is -0.309 e. The van der Waals surface area contributed by atoms with Crippen molar-refractivity contribution in [1.29, 1.82) is 0 Å². The van der Waals surface area contributed by atoms with Crippen LogP contribution in [0, 0.1) is 18.6 Å². The summed E-state index contributed by atoms with van der Waals surface area (Å²) in [6, 6.07) is 5.87. The van der Waals surface area contributed by atoms with E-state index in [1.807, 2.05) is 13.0 Å². The highest BCUT2D eigenvalue weighted by molar-refractivity contribution is 9.10. The number of rotatable bonds is 3. The van der Waals surface area contributed by atoms with E-state index in [9.17, 15) is 8.78 Å².